The molecule has 0 spiro atoms. The predicted octanol–water partition coefficient (Wildman–Crippen LogP) is 2.63. The number of nitrogens with one attached hydrogen (secondary N) is 2. The minimum atomic E-state index is -4.77. The molecular weight excluding hydrogens is 377 g/mol. The first-order valence-corrected chi connectivity index (χ1v) is 9.20. The topological polar surface area (TPSA) is 76.7 Å². The molecule has 3 rings (SSSR count). The summed E-state index contributed by atoms with van der Waals surface area (Å²) in [5.41, 5.74) is 0.251. The van der Waals surface area contributed by atoms with Crippen molar-refractivity contribution in [3.05, 3.63) is 29.8 Å². The van der Waals surface area contributed by atoms with Crippen molar-refractivity contribution in [2.75, 3.05) is 13.7 Å². The Morgan fingerprint density at radius 1 is 1.25 bits per heavy atom. The maximum Gasteiger partial charge on any atom is 0.573 e. The van der Waals surface area contributed by atoms with Gasteiger partial charge in [-0.05, 0) is 55.4 Å². The van der Waals surface area contributed by atoms with Gasteiger partial charge in [-0.1, -0.05) is 0 Å². The van der Waals surface area contributed by atoms with E-state index in [0.29, 0.717) is 25.4 Å². The molecule has 0 radical (unpaired) electrons. The van der Waals surface area contributed by atoms with E-state index in [1.54, 1.807) is 7.11 Å². The highest BCUT2D eigenvalue weighted by molar-refractivity contribution is 5.94. The number of hydrogen-bond donors (Lipinski definition) is 2. The molecule has 1 aromatic carbocycles. The summed E-state index contributed by atoms with van der Waals surface area (Å²) in [5.74, 6) is -0.238. The van der Waals surface area contributed by atoms with Crippen LogP contribution in [0.5, 0.6) is 5.75 Å². The monoisotopic (exact) mass is 400 g/mol. The molecule has 154 valence electrons. The molecule has 1 aromatic rings. The number of halogens is 3. The van der Waals surface area contributed by atoms with Gasteiger partial charge in [-0.3, -0.25) is 9.59 Å². The van der Waals surface area contributed by atoms with Gasteiger partial charge >= 0.3 is 6.36 Å². The Bertz CT molecular complexity index is 708. The van der Waals surface area contributed by atoms with E-state index in [0.717, 1.165) is 25.0 Å². The summed E-state index contributed by atoms with van der Waals surface area (Å²) in [7, 11) is 1.62. The molecule has 9 heteroatoms. The number of alkyl halides is 3. The van der Waals surface area contributed by atoms with Crippen LogP contribution in [0.2, 0.25) is 0 Å². The second kappa shape index (κ2) is 8.38. The van der Waals surface area contributed by atoms with Crippen molar-refractivity contribution in [3.8, 4) is 5.75 Å². The lowest BCUT2D eigenvalue weighted by molar-refractivity contribution is -0.274. The first-order valence-electron chi connectivity index (χ1n) is 9.20. The minimum absolute atomic E-state index is 0.00414. The number of carbonyl (C=O) groups excluding carboxylic acids is 2. The number of piperidine rings is 1. The molecule has 2 fully saturated rings. The minimum Gasteiger partial charge on any atom is -0.406 e. The lowest BCUT2D eigenvalue weighted by atomic mass is 9.71. The fourth-order valence-electron chi connectivity index (χ4n) is 4.18. The Morgan fingerprint density at radius 2 is 1.96 bits per heavy atom. The maximum absolute atomic E-state index is 12.4. The summed E-state index contributed by atoms with van der Waals surface area (Å²) in [4.78, 5) is 24.4. The average molecular weight is 400 g/mol. The average Bonchev–Trinajstić information content (AvgIpc) is 2.60. The molecule has 28 heavy (non-hydrogen) atoms. The fourth-order valence-corrected chi connectivity index (χ4v) is 4.18. The molecule has 0 aromatic heterocycles. The molecule has 2 N–H and O–H groups in total. The van der Waals surface area contributed by atoms with Crippen LogP contribution < -0.4 is 15.4 Å². The van der Waals surface area contributed by atoms with Gasteiger partial charge in [0, 0.05) is 37.8 Å². The molecular formula is C19H23F3N2O4. The van der Waals surface area contributed by atoms with Crippen molar-refractivity contribution in [1.82, 2.24) is 10.6 Å². The number of hydrogen-bond acceptors (Lipinski definition) is 4. The number of carbonyl (C=O) groups is 2. The third kappa shape index (κ3) is 5.15. The largest absolute Gasteiger partial charge is 0.573 e. The Kier molecular flexibility index (Phi) is 6.12. The van der Waals surface area contributed by atoms with E-state index in [9.17, 15) is 22.8 Å². The SMILES string of the molecule is COCC1CC(=O)NC2CC(NC(=O)c3ccc(OC(F)(F)F)cc3)CCC12. The Labute approximate surface area is 160 Å². The smallest absolute Gasteiger partial charge is 0.406 e. The third-order valence-corrected chi connectivity index (χ3v) is 5.37. The van der Waals surface area contributed by atoms with E-state index >= 15 is 0 Å². The van der Waals surface area contributed by atoms with Crippen LogP contribution in [0.4, 0.5) is 13.2 Å². The second-order valence-corrected chi connectivity index (χ2v) is 7.31. The van der Waals surface area contributed by atoms with Gasteiger partial charge in [0.15, 0.2) is 0 Å². The van der Waals surface area contributed by atoms with Crippen molar-refractivity contribution >= 4 is 11.8 Å². The molecule has 1 saturated carbocycles. The summed E-state index contributed by atoms with van der Waals surface area (Å²) >= 11 is 0. The van der Waals surface area contributed by atoms with Crippen LogP contribution in [0, 0.1) is 11.8 Å². The number of benzene rings is 1. The van der Waals surface area contributed by atoms with Crippen molar-refractivity contribution in [2.24, 2.45) is 11.8 Å². The third-order valence-electron chi connectivity index (χ3n) is 5.37. The van der Waals surface area contributed by atoms with E-state index in [2.05, 4.69) is 15.4 Å². The molecule has 1 saturated heterocycles. The van der Waals surface area contributed by atoms with E-state index < -0.39 is 6.36 Å². The summed E-state index contributed by atoms with van der Waals surface area (Å²) in [6, 6.07) is 4.67. The zero-order valence-corrected chi connectivity index (χ0v) is 15.4. The van der Waals surface area contributed by atoms with E-state index in [4.69, 9.17) is 4.74 Å². The number of fused-ring (bicyclic) bond motifs is 1. The van der Waals surface area contributed by atoms with Gasteiger partial charge < -0.3 is 20.1 Å². The molecule has 4 atom stereocenters. The Balaban J connectivity index is 1.57. The van der Waals surface area contributed by atoms with Crippen LogP contribution in [0.1, 0.15) is 36.0 Å². The van der Waals surface area contributed by atoms with Gasteiger partial charge in [0.1, 0.15) is 5.75 Å². The summed E-state index contributed by atoms with van der Waals surface area (Å²) in [5, 5.41) is 5.92. The van der Waals surface area contributed by atoms with Gasteiger partial charge in [0.25, 0.3) is 5.91 Å². The molecule has 2 aliphatic rings. The van der Waals surface area contributed by atoms with E-state index in [1.165, 1.54) is 12.1 Å². The van der Waals surface area contributed by atoms with Gasteiger partial charge in [0.05, 0.1) is 0 Å². The molecule has 1 heterocycles. The van der Waals surface area contributed by atoms with Crippen molar-refractivity contribution in [1.29, 1.82) is 0 Å². The first-order chi connectivity index (χ1) is 13.2. The van der Waals surface area contributed by atoms with Crippen LogP contribution in [0.3, 0.4) is 0 Å². The van der Waals surface area contributed by atoms with Crippen molar-refractivity contribution in [2.45, 2.75) is 44.1 Å². The highest BCUT2D eigenvalue weighted by Gasteiger charge is 2.41. The Hall–Kier alpha value is -2.29. The van der Waals surface area contributed by atoms with Crippen LogP contribution in [0.15, 0.2) is 24.3 Å². The second-order valence-electron chi connectivity index (χ2n) is 7.31. The standard InChI is InChI=1S/C19H23F3N2O4/c1-27-10-12-8-17(25)24-16-9-13(4-7-15(12)16)23-18(26)11-2-5-14(6-3-11)28-19(20,21)22/h2-3,5-6,12-13,15-16H,4,7-10H2,1H3,(H,23,26)(H,24,25). The summed E-state index contributed by atoms with van der Waals surface area (Å²) in [6.45, 7) is 0.540. The summed E-state index contributed by atoms with van der Waals surface area (Å²) < 4.78 is 45.7. The number of methoxy groups -OCH3 is 1. The van der Waals surface area contributed by atoms with Crippen molar-refractivity contribution in [3.63, 3.8) is 0 Å². The van der Waals surface area contributed by atoms with Gasteiger partial charge in [-0.25, -0.2) is 0 Å². The molecule has 6 nitrogen and oxygen atoms in total. The Morgan fingerprint density at radius 3 is 2.61 bits per heavy atom. The van der Waals surface area contributed by atoms with Crippen molar-refractivity contribution < 1.29 is 32.2 Å². The van der Waals surface area contributed by atoms with Gasteiger partial charge in [0.2, 0.25) is 5.91 Å². The van der Waals surface area contributed by atoms with E-state index in [-0.39, 0.29) is 41.1 Å². The van der Waals surface area contributed by atoms with Crippen LogP contribution in [-0.4, -0.2) is 44.0 Å². The van der Waals surface area contributed by atoms with Crippen LogP contribution >= 0.6 is 0 Å². The highest BCUT2D eigenvalue weighted by atomic mass is 19.4. The molecule has 1 aliphatic carbocycles. The molecule has 2 amide bonds. The lowest BCUT2D eigenvalue weighted by Gasteiger charge is -2.43. The van der Waals surface area contributed by atoms with Crippen LogP contribution in [0.25, 0.3) is 0 Å². The fraction of sp³-hybridized carbons (Fsp3) is 0.579. The van der Waals surface area contributed by atoms with Gasteiger partial charge in [-0.15, -0.1) is 13.2 Å². The predicted molar refractivity (Wildman–Crippen MR) is 93.6 cm³/mol. The number of rotatable bonds is 5. The normalized spacial score (nSPS) is 27.5. The highest BCUT2D eigenvalue weighted by Crippen LogP contribution is 2.35. The molecule has 4 unspecified atom stereocenters. The quantitative estimate of drug-likeness (QED) is 0.797. The first kappa shape index (κ1) is 20.4. The van der Waals surface area contributed by atoms with E-state index in [1.807, 2.05) is 0 Å². The molecule has 1 aliphatic heterocycles. The maximum atomic E-state index is 12.4. The zero-order chi connectivity index (χ0) is 20.3. The zero-order valence-electron chi connectivity index (χ0n) is 15.4. The number of amides is 2. The number of ether oxygens (including phenoxy) is 2. The van der Waals surface area contributed by atoms with Gasteiger partial charge in [-0.2, -0.15) is 0 Å². The summed E-state index contributed by atoms with van der Waals surface area (Å²) in [6.07, 6.45) is -2.05. The molecule has 0 bridgehead atoms. The van der Waals surface area contributed by atoms with Crippen LogP contribution in [-0.2, 0) is 9.53 Å². The lowest BCUT2D eigenvalue weighted by Crippen LogP contribution is -2.56.